The maximum absolute atomic E-state index is 11.3. The summed E-state index contributed by atoms with van der Waals surface area (Å²) in [6.07, 6.45) is 0.569. The molecule has 1 N–H and O–H groups in total. The molecule has 1 fully saturated rings. The highest BCUT2D eigenvalue weighted by atomic mass is 32.1. The monoisotopic (exact) mass is 290 g/mol. The third-order valence-electron chi connectivity index (χ3n) is 3.69. The second-order valence-corrected chi connectivity index (χ2v) is 6.64. The van der Waals surface area contributed by atoms with Crippen LogP contribution in [0.15, 0.2) is 12.1 Å². The zero-order valence-electron chi connectivity index (χ0n) is 11.9. The van der Waals surface area contributed by atoms with Gasteiger partial charge in [0, 0.05) is 18.9 Å². The van der Waals surface area contributed by atoms with Crippen LogP contribution in [0.25, 0.3) is 10.2 Å². The van der Waals surface area contributed by atoms with Crippen LogP contribution in [0, 0.1) is 19.8 Å². The zero-order valence-corrected chi connectivity index (χ0v) is 12.7. The number of amides is 1. The summed E-state index contributed by atoms with van der Waals surface area (Å²) in [5.74, 6) is 1.25. The Morgan fingerprint density at radius 1 is 1.45 bits per heavy atom. The Balaban J connectivity index is 1.88. The van der Waals surface area contributed by atoms with Gasteiger partial charge in [0.2, 0.25) is 5.91 Å². The lowest BCUT2D eigenvalue weighted by atomic mass is 10.0. The number of hydrogen-bond acceptors (Lipinski definition) is 4. The topological polar surface area (TPSA) is 51.2 Å². The minimum Gasteiger partial charge on any atom is -0.489 e. The van der Waals surface area contributed by atoms with Crippen LogP contribution in [0.2, 0.25) is 0 Å². The van der Waals surface area contributed by atoms with Crippen molar-refractivity contribution in [1.82, 2.24) is 10.3 Å². The Labute approximate surface area is 122 Å². The van der Waals surface area contributed by atoms with Crippen molar-refractivity contribution in [2.24, 2.45) is 5.92 Å². The third-order valence-corrected chi connectivity index (χ3v) is 4.69. The van der Waals surface area contributed by atoms with Crippen molar-refractivity contribution in [2.45, 2.75) is 33.3 Å². The van der Waals surface area contributed by atoms with Crippen molar-refractivity contribution < 1.29 is 9.53 Å². The minimum atomic E-state index is 0.0151. The molecule has 0 spiro atoms. The van der Waals surface area contributed by atoms with Gasteiger partial charge in [-0.15, -0.1) is 11.3 Å². The molecule has 2 heterocycles. The first-order valence-electron chi connectivity index (χ1n) is 6.84. The molecule has 1 aromatic carbocycles. The Morgan fingerprint density at radius 2 is 2.25 bits per heavy atom. The SMILES string of the molecule is Cc1cc(O[C@H](C)[C@H]2CNC(=O)C2)c2sc(C)nc2c1. The summed E-state index contributed by atoms with van der Waals surface area (Å²) in [5, 5.41) is 3.90. The number of carbonyl (C=O) groups is 1. The van der Waals surface area contributed by atoms with Gasteiger partial charge in [0.25, 0.3) is 0 Å². The number of benzene rings is 1. The second-order valence-electron chi connectivity index (χ2n) is 5.44. The standard InChI is InChI=1S/C15H18N2O2S/c1-8-4-12-15(20-10(3)17-12)13(5-8)19-9(2)11-6-14(18)16-7-11/h4-5,9,11H,6-7H2,1-3H3,(H,16,18)/t9-,11-/m1/s1. The Kier molecular flexibility index (Phi) is 3.38. The van der Waals surface area contributed by atoms with Crippen LogP contribution in [-0.4, -0.2) is 23.5 Å². The van der Waals surface area contributed by atoms with Crippen LogP contribution in [-0.2, 0) is 4.79 Å². The van der Waals surface area contributed by atoms with Gasteiger partial charge in [0.05, 0.1) is 15.2 Å². The quantitative estimate of drug-likeness (QED) is 0.945. The molecule has 1 saturated heterocycles. The van der Waals surface area contributed by atoms with Crippen molar-refractivity contribution in [3.8, 4) is 5.75 Å². The average Bonchev–Trinajstić information content (AvgIpc) is 2.94. The van der Waals surface area contributed by atoms with E-state index in [1.807, 2.05) is 20.8 Å². The normalized spacial score (nSPS) is 20.1. The second kappa shape index (κ2) is 5.05. The lowest BCUT2D eigenvalue weighted by Gasteiger charge is -2.20. The van der Waals surface area contributed by atoms with E-state index in [2.05, 4.69) is 22.4 Å². The molecule has 3 rings (SSSR count). The summed E-state index contributed by atoms with van der Waals surface area (Å²) in [6, 6.07) is 4.14. The lowest BCUT2D eigenvalue weighted by molar-refractivity contribution is -0.119. The van der Waals surface area contributed by atoms with Crippen LogP contribution in [0.4, 0.5) is 0 Å². The molecule has 4 nitrogen and oxygen atoms in total. The fraction of sp³-hybridized carbons (Fsp3) is 0.467. The molecule has 106 valence electrons. The zero-order chi connectivity index (χ0) is 14.3. The first kappa shape index (κ1) is 13.4. The molecular weight excluding hydrogens is 272 g/mol. The van der Waals surface area contributed by atoms with E-state index in [9.17, 15) is 4.79 Å². The van der Waals surface area contributed by atoms with E-state index in [1.54, 1.807) is 11.3 Å². The molecular formula is C15H18N2O2S. The summed E-state index contributed by atoms with van der Waals surface area (Å²) >= 11 is 1.65. The smallest absolute Gasteiger partial charge is 0.220 e. The van der Waals surface area contributed by atoms with Crippen molar-refractivity contribution in [1.29, 1.82) is 0 Å². The average molecular weight is 290 g/mol. The van der Waals surface area contributed by atoms with Crippen LogP contribution >= 0.6 is 11.3 Å². The number of aromatic nitrogens is 1. The van der Waals surface area contributed by atoms with Gasteiger partial charge in [-0.1, -0.05) is 0 Å². The van der Waals surface area contributed by atoms with E-state index < -0.39 is 0 Å². The Bertz CT molecular complexity index is 665. The van der Waals surface area contributed by atoms with Gasteiger partial charge in [-0.3, -0.25) is 4.79 Å². The molecule has 2 aromatic rings. The number of carbonyl (C=O) groups excluding carboxylic acids is 1. The van der Waals surface area contributed by atoms with Gasteiger partial charge in [0.15, 0.2) is 0 Å². The van der Waals surface area contributed by atoms with Gasteiger partial charge in [-0.05, 0) is 38.5 Å². The molecule has 1 aliphatic heterocycles. The highest BCUT2D eigenvalue weighted by Gasteiger charge is 2.28. The van der Waals surface area contributed by atoms with E-state index >= 15 is 0 Å². The maximum Gasteiger partial charge on any atom is 0.220 e. The molecule has 1 aliphatic rings. The number of nitrogens with zero attached hydrogens (tertiary/aromatic N) is 1. The van der Waals surface area contributed by atoms with Crippen LogP contribution < -0.4 is 10.1 Å². The number of hydrogen-bond donors (Lipinski definition) is 1. The van der Waals surface area contributed by atoms with Gasteiger partial charge < -0.3 is 10.1 Å². The van der Waals surface area contributed by atoms with Crippen molar-refractivity contribution in [3.05, 3.63) is 22.7 Å². The highest BCUT2D eigenvalue weighted by molar-refractivity contribution is 7.18. The number of fused-ring (bicyclic) bond motifs is 1. The third kappa shape index (κ3) is 2.50. The number of rotatable bonds is 3. The van der Waals surface area contributed by atoms with Crippen molar-refractivity contribution in [3.63, 3.8) is 0 Å². The fourth-order valence-electron chi connectivity index (χ4n) is 2.59. The number of thiazole rings is 1. The van der Waals surface area contributed by atoms with Crippen molar-refractivity contribution >= 4 is 27.5 Å². The molecule has 20 heavy (non-hydrogen) atoms. The molecule has 2 atom stereocenters. The molecule has 1 aromatic heterocycles. The summed E-state index contributed by atoms with van der Waals surface area (Å²) in [7, 11) is 0. The molecule has 0 aliphatic carbocycles. The van der Waals surface area contributed by atoms with Crippen molar-refractivity contribution in [2.75, 3.05) is 6.54 Å². The minimum absolute atomic E-state index is 0.0151. The van der Waals surface area contributed by atoms with Crippen LogP contribution in [0.5, 0.6) is 5.75 Å². The maximum atomic E-state index is 11.3. The highest BCUT2D eigenvalue weighted by Crippen LogP contribution is 2.34. The summed E-state index contributed by atoms with van der Waals surface area (Å²) in [5.41, 5.74) is 2.14. The Hall–Kier alpha value is -1.62. The van der Waals surface area contributed by atoms with Gasteiger partial charge >= 0.3 is 0 Å². The lowest BCUT2D eigenvalue weighted by Crippen LogP contribution is -2.25. The van der Waals surface area contributed by atoms with Gasteiger partial charge in [-0.2, -0.15) is 0 Å². The number of ether oxygens (including phenoxy) is 1. The predicted octanol–water partition coefficient (Wildman–Crippen LogP) is 2.82. The van der Waals surface area contributed by atoms with E-state index in [0.29, 0.717) is 13.0 Å². The van der Waals surface area contributed by atoms with Gasteiger partial charge in [-0.25, -0.2) is 4.98 Å². The first-order chi connectivity index (χ1) is 9.52. The summed E-state index contributed by atoms with van der Waals surface area (Å²) in [4.78, 5) is 15.8. The molecule has 0 radical (unpaired) electrons. The summed E-state index contributed by atoms with van der Waals surface area (Å²) < 4.78 is 7.23. The molecule has 0 unspecified atom stereocenters. The van der Waals surface area contributed by atoms with E-state index in [4.69, 9.17) is 4.74 Å². The number of nitrogens with one attached hydrogen (secondary N) is 1. The van der Waals surface area contributed by atoms with Crippen LogP contribution in [0.1, 0.15) is 23.9 Å². The Morgan fingerprint density at radius 3 is 2.95 bits per heavy atom. The van der Waals surface area contributed by atoms with Crippen LogP contribution in [0.3, 0.4) is 0 Å². The molecule has 5 heteroatoms. The fourth-order valence-corrected chi connectivity index (χ4v) is 3.45. The summed E-state index contributed by atoms with van der Waals surface area (Å²) in [6.45, 7) is 6.79. The molecule has 0 saturated carbocycles. The molecule has 0 bridgehead atoms. The first-order valence-corrected chi connectivity index (χ1v) is 7.65. The largest absolute Gasteiger partial charge is 0.489 e. The molecule has 1 amide bonds. The van der Waals surface area contributed by atoms with E-state index in [-0.39, 0.29) is 17.9 Å². The number of aryl methyl sites for hydroxylation is 2. The van der Waals surface area contributed by atoms with E-state index in [1.165, 1.54) is 0 Å². The predicted molar refractivity (Wildman–Crippen MR) is 80.3 cm³/mol. The van der Waals surface area contributed by atoms with E-state index in [0.717, 1.165) is 26.5 Å². The van der Waals surface area contributed by atoms with Gasteiger partial charge in [0.1, 0.15) is 11.9 Å².